The molecule has 1 amide bonds. The zero-order valence-electron chi connectivity index (χ0n) is 17.4. The number of rotatable bonds is 7. The van der Waals surface area contributed by atoms with Crippen LogP contribution in [0.15, 0.2) is 35.9 Å². The molecule has 2 heterocycles. The Morgan fingerprint density at radius 3 is 2.66 bits per heavy atom. The van der Waals surface area contributed by atoms with Crippen LogP contribution in [0.4, 0.5) is 0 Å². The smallest absolute Gasteiger partial charge is 0.250 e. The maximum atomic E-state index is 13.5. The number of halogens is 1. The molecule has 1 aromatic carbocycles. The lowest BCUT2D eigenvalue weighted by atomic mass is 9.90. The van der Waals surface area contributed by atoms with E-state index in [1.807, 2.05) is 49.1 Å². The van der Waals surface area contributed by atoms with Crippen LogP contribution in [-0.2, 0) is 14.3 Å². The van der Waals surface area contributed by atoms with Gasteiger partial charge in [0.25, 0.3) is 0 Å². The lowest BCUT2D eigenvalue weighted by molar-refractivity contribution is -0.141. The molecule has 2 aliphatic rings. The summed E-state index contributed by atoms with van der Waals surface area (Å²) in [5.41, 5.74) is 1.84. The molecule has 0 spiro atoms. The minimum atomic E-state index is -0.604. The van der Waals surface area contributed by atoms with E-state index in [0.717, 1.165) is 24.0 Å². The third-order valence-electron chi connectivity index (χ3n) is 5.66. The SMILES string of the molecule is CCC(CCC#N)N1C(=O)C(CC2COC(C)(C)O2)=CCC1c1ccc(Cl)cc1. The Hall–Kier alpha value is -1.87. The first-order valence-electron chi connectivity index (χ1n) is 10.3. The van der Waals surface area contributed by atoms with Gasteiger partial charge in [-0.15, -0.1) is 0 Å². The second-order valence-electron chi connectivity index (χ2n) is 8.16. The topological polar surface area (TPSA) is 62.6 Å². The Labute approximate surface area is 178 Å². The van der Waals surface area contributed by atoms with E-state index in [1.54, 1.807) is 0 Å². The van der Waals surface area contributed by atoms with Crippen LogP contribution in [0.2, 0.25) is 5.02 Å². The highest BCUT2D eigenvalue weighted by Crippen LogP contribution is 2.37. The number of nitrogens with zero attached hydrogens (tertiary/aromatic N) is 2. The predicted octanol–water partition coefficient (Wildman–Crippen LogP) is 5.16. The van der Waals surface area contributed by atoms with E-state index in [2.05, 4.69) is 13.0 Å². The molecule has 1 aromatic rings. The molecule has 0 bridgehead atoms. The third kappa shape index (κ3) is 5.19. The van der Waals surface area contributed by atoms with E-state index in [-0.39, 0.29) is 24.1 Å². The molecular formula is C23H29ClN2O3. The van der Waals surface area contributed by atoms with Crippen molar-refractivity contribution in [1.82, 2.24) is 4.90 Å². The molecule has 0 saturated carbocycles. The predicted molar refractivity (Wildman–Crippen MR) is 112 cm³/mol. The van der Waals surface area contributed by atoms with Crippen LogP contribution in [0.25, 0.3) is 0 Å². The number of nitriles is 1. The fourth-order valence-electron chi connectivity index (χ4n) is 4.21. The van der Waals surface area contributed by atoms with Crippen molar-refractivity contribution >= 4 is 17.5 Å². The van der Waals surface area contributed by atoms with Gasteiger partial charge in [0.1, 0.15) is 0 Å². The first kappa shape index (κ1) is 21.8. The molecule has 5 nitrogen and oxygen atoms in total. The number of hydrogen-bond acceptors (Lipinski definition) is 4. The van der Waals surface area contributed by atoms with Gasteiger partial charge in [0, 0.05) is 29.5 Å². The van der Waals surface area contributed by atoms with E-state index in [4.69, 9.17) is 26.3 Å². The zero-order chi connectivity index (χ0) is 21.0. The van der Waals surface area contributed by atoms with Crippen LogP contribution >= 0.6 is 11.6 Å². The van der Waals surface area contributed by atoms with E-state index >= 15 is 0 Å². The maximum Gasteiger partial charge on any atom is 0.250 e. The van der Waals surface area contributed by atoms with E-state index in [0.29, 0.717) is 30.9 Å². The van der Waals surface area contributed by atoms with Crippen molar-refractivity contribution in [3.8, 4) is 6.07 Å². The minimum Gasteiger partial charge on any atom is -0.348 e. The van der Waals surface area contributed by atoms with Gasteiger partial charge in [-0.25, -0.2) is 0 Å². The van der Waals surface area contributed by atoms with Crippen LogP contribution in [-0.4, -0.2) is 35.3 Å². The van der Waals surface area contributed by atoms with E-state index in [9.17, 15) is 4.79 Å². The van der Waals surface area contributed by atoms with Crippen molar-refractivity contribution in [3.05, 3.63) is 46.5 Å². The standard InChI is InChI=1S/C23H29ClN2O3/c1-4-19(6-5-13-25)26-21(16-7-10-18(24)11-8-16)12-9-17(22(26)27)14-20-15-28-23(2,3)29-20/h7-11,19-21H,4-6,12,14-15H2,1-3H3. The minimum absolute atomic E-state index is 0.0173. The number of hydrogen-bond donors (Lipinski definition) is 0. The maximum absolute atomic E-state index is 13.5. The molecule has 2 aliphatic heterocycles. The number of carbonyl (C=O) groups is 1. The van der Waals surface area contributed by atoms with Gasteiger partial charge in [-0.3, -0.25) is 4.79 Å². The van der Waals surface area contributed by atoms with Gasteiger partial charge in [-0.05, 0) is 50.8 Å². The summed E-state index contributed by atoms with van der Waals surface area (Å²) in [5, 5.41) is 9.75. The Morgan fingerprint density at radius 2 is 2.07 bits per heavy atom. The summed E-state index contributed by atoms with van der Waals surface area (Å²) in [7, 11) is 0. The lowest BCUT2D eigenvalue weighted by Crippen LogP contribution is -2.45. The summed E-state index contributed by atoms with van der Waals surface area (Å²) < 4.78 is 11.6. The second-order valence-corrected chi connectivity index (χ2v) is 8.59. The average Bonchev–Trinajstić information content (AvgIpc) is 3.04. The monoisotopic (exact) mass is 416 g/mol. The highest BCUT2D eigenvalue weighted by molar-refractivity contribution is 6.30. The largest absolute Gasteiger partial charge is 0.348 e. The first-order chi connectivity index (χ1) is 13.8. The highest BCUT2D eigenvalue weighted by Gasteiger charge is 2.38. The molecule has 0 aliphatic carbocycles. The molecule has 3 unspecified atom stereocenters. The number of carbonyl (C=O) groups excluding carboxylic acids is 1. The summed E-state index contributed by atoms with van der Waals surface area (Å²) in [4.78, 5) is 15.5. The number of ether oxygens (including phenoxy) is 2. The summed E-state index contributed by atoms with van der Waals surface area (Å²) in [5.74, 6) is -0.568. The van der Waals surface area contributed by atoms with E-state index in [1.165, 1.54) is 0 Å². The molecule has 1 saturated heterocycles. The van der Waals surface area contributed by atoms with E-state index < -0.39 is 5.79 Å². The molecule has 3 rings (SSSR count). The molecule has 0 radical (unpaired) electrons. The van der Waals surface area contributed by atoms with Crippen LogP contribution in [0, 0.1) is 11.3 Å². The molecule has 0 aromatic heterocycles. The summed E-state index contributed by atoms with van der Waals surface area (Å²) in [6, 6.07) is 9.88. The van der Waals surface area contributed by atoms with Crippen LogP contribution in [0.5, 0.6) is 0 Å². The lowest BCUT2D eigenvalue weighted by Gasteiger charge is -2.41. The Balaban J connectivity index is 1.86. The van der Waals surface area contributed by atoms with Crippen LogP contribution in [0.1, 0.15) is 64.5 Å². The first-order valence-corrected chi connectivity index (χ1v) is 10.7. The summed E-state index contributed by atoms with van der Waals surface area (Å²) in [6.07, 6.45) is 5.12. The van der Waals surface area contributed by atoms with Gasteiger partial charge in [0.2, 0.25) is 5.91 Å². The quantitative estimate of drug-likeness (QED) is 0.615. The Morgan fingerprint density at radius 1 is 1.34 bits per heavy atom. The van der Waals surface area contributed by atoms with Crippen molar-refractivity contribution in [2.45, 2.75) is 76.9 Å². The number of amides is 1. The molecule has 1 fully saturated rings. The normalized spacial score (nSPS) is 24.9. The van der Waals surface area contributed by atoms with Gasteiger partial charge in [-0.2, -0.15) is 5.26 Å². The Kier molecular flexibility index (Phi) is 7.00. The average molecular weight is 417 g/mol. The molecule has 156 valence electrons. The van der Waals surface area contributed by atoms with Gasteiger partial charge in [0.05, 0.1) is 24.8 Å². The molecular weight excluding hydrogens is 388 g/mol. The van der Waals surface area contributed by atoms with Crippen molar-refractivity contribution in [2.24, 2.45) is 0 Å². The molecule has 0 N–H and O–H groups in total. The molecule has 3 atom stereocenters. The van der Waals surface area contributed by atoms with Crippen molar-refractivity contribution in [2.75, 3.05) is 6.61 Å². The van der Waals surface area contributed by atoms with Crippen molar-refractivity contribution in [1.29, 1.82) is 5.26 Å². The van der Waals surface area contributed by atoms with Gasteiger partial charge in [-0.1, -0.05) is 36.7 Å². The molecule has 6 heteroatoms. The fraction of sp³-hybridized carbons (Fsp3) is 0.565. The second kappa shape index (κ2) is 9.30. The molecule has 29 heavy (non-hydrogen) atoms. The Bertz CT molecular complexity index is 797. The fourth-order valence-corrected chi connectivity index (χ4v) is 4.34. The van der Waals surface area contributed by atoms with Gasteiger partial charge in [0.15, 0.2) is 5.79 Å². The van der Waals surface area contributed by atoms with Crippen molar-refractivity contribution < 1.29 is 14.3 Å². The highest BCUT2D eigenvalue weighted by atomic mass is 35.5. The third-order valence-corrected chi connectivity index (χ3v) is 5.91. The van der Waals surface area contributed by atoms with Gasteiger partial charge >= 0.3 is 0 Å². The van der Waals surface area contributed by atoms with Crippen LogP contribution < -0.4 is 0 Å². The zero-order valence-corrected chi connectivity index (χ0v) is 18.1. The van der Waals surface area contributed by atoms with Gasteiger partial charge < -0.3 is 14.4 Å². The number of benzene rings is 1. The van der Waals surface area contributed by atoms with Crippen LogP contribution in [0.3, 0.4) is 0 Å². The summed E-state index contributed by atoms with van der Waals surface area (Å²) >= 11 is 6.06. The van der Waals surface area contributed by atoms with Crippen molar-refractivity contribution in [3.63, 3.8) is 0 Å². The summed E-state index contributed by atoms with van der Waals surface area (Å²) in [6.45, 7) is 6.34.